The Morgan fingerprint density at radius 2 is 2.00 bits per heavy atom. The van der Waals surface area contributed by atoms with Gasteiger partial charge in [0.25, 0.3) is 0 Å². The summed E-state index contributed by atoms with van der Waals surface area (Å²) in [4.78, 5) is 2.22. The molecule has 0 bridgehead atoms. The van der Waals surface area contributed by atoms with Crippen LogP contribution in [0, 0.1) is 0 Å². The molecule has 6 nitrogen and oxygen atoms in total. The summed E-state index contributed by atoms with van der Waals surface area (Å²) < 4.78 is 31.5. The molecule has 2 N–H and O–H groups in total. The van der Waals surface area contributed by atoms with Crippen molar-refractivity contribution in [1.82, 2.24) is 4.31 Å². The van der Waals surface area contributed by atoms with E-state index < -0.39 is 10.0 Å². The zero-order chi connectivity index (χ0) is 15.8. The molecule has 1 aromatic carbocycles. The minimum absolute atomic E-state index is 0.147. The van der Waals surface area contributed by atoms with Crippen LogP contribution in [-0.2, 0) is 14.8 Å². The zero-order valence-electron chi connectivity index (χ0n) is 13.0. The molecule has 0 spiro atoms. The number of sulfonamides is 1. The van der Waals surface area contributed by atoms with Crippen molar-refractivity contribution in [2.45, 2.75) is 24.3 Å². The van der Waals surface area contributed by atoms with Gasteiger partial charge in [-0.1, -0.05) is 6.07 Å². The predicted molar refractivity (Wildman–Crippen MR) is 84.0 cm³/mol. The first-order valence-electron chi connectivity index (χ1n) is 6.85. The van der Waals surface area contributed by atoms with Crippen molar-refractivity contribution < 1.29 is 13.2 Å². The van der Waals surface area contributed by atoms with Gasteiger partial charge in [-0.15, -0.1) is 0 Å². The van der Waals surface area contributed by atoms with E-state index in [1.165, 1.54) is 18.4 Å². The average Bonchev–Trinajstić information content (AvgIpc) is 2.37. The van der Waals surface area contributed by atoms with Gasteiger partial charge >= 0.3 is 0 Å². The summed E-state index contributed by atoms with van der Waals surface area (Å²) in [5.41, 5.74) is 6.90. The van der Waals surface area contributed by atoms with Gasteiger partial charge in [-0.05, 0) is 26.0 Å². The maximum atomic E-state index is 12.3. The molecule has 1 aliphatic heterocycles. The molecule has 0 aromatic heterocycles. The molecule has 118 valence electrons. The topological polar surface area (TPSA) is 75.9 Å². The second kappa shape index (κ2) is 5.47. The number of para-hydroxylation sites is 1. The Balaban J connectivity index is 2.44. The summed E-state index contributed by atoms with van der Waals surface area (Å²) in [7, 11) is -0.548. The number of nitrogen functional groups attached to an aromatic ring is 1. The number of hydrogen-bond donors (Lipinski definition) is 1. The fraction of sp³-hybridized carbons (Fsp3) is 0.571. The van der Waals surface area contributed by atoms with Crippen molar-refractivity contribution >= 4 is 21.4 Å². The summed E-state index contributed by atoms with van der Waals surface area (Å²) in [6.45, 7) is 5.98. The summed E-state index contributed by atoms with van der Waals surface area (Å²) in [6, 6.07) is 5.12. The van der Waals surface area contributed by atoms with Gasteiger partial charge in [0, 0.05) is 27.2 Å². The molecule has 1 aliphatic rings. The second-order valence-corrected chi connectivity index (χ2v) is 8.13. The van der Waals surface area contributed by atoms with Crippen LogP contribution in [0.1, 0.15) is 13.8 Å². The molecule has 1 saturated heterocycles. The highest BCUT2D eigenvalue weighted by Gasteiger charge is 2.30. The maximum absolute atomic E-state index is 12.3. The minimum atomic E-state index is -3.55. The first-order chi connectivity index (χ1) is 9.65. The number of nitrogens with two attached hydrogens (primary N) is 1. The Bertz CT molecular complexity index is 626. The van der Waals surface area contributed by atoms with Gasteiger partial charge in [0.05, 0.1) is 23.6 Å². The van der Waals surface area contributed by atoms with Gasteiger partial charge in [0.2, 0.25) is 10.0 Å². The lowest BCUT2D eigenvalue weighted by Crippen LogP contribution is -2.48. The summed E-state index contributed by atoms with van der Waals surface area (Å²) in [5.74, 6) is 0. The number of rotatable bonds is 3. The molecule has 1 aromatic rings. The Morgan fingerprint density at radius 1 is 1.33 bits per heavy atom. The lowest BCUT2D eigenvalue weighted by molar-refractivity contribution is -0.0276. The highest BCUT2D eigenvalue weighted by molar-refractivity contribution is 7.89. The van der Waals surface area contributed by atoms with Crippen molar-refractivity contribution in [1.29, 1.82) is 0 Å². The van der Waals surface area contributed by atoms with E-state index >= 15 is 0 Å². The minimum Gasteiger partial charge on any atom is -0.396 e. The fourth-order valence-electron chi connectivity index (χ4n) is 2.45. The van der Waals surface area contributed by atoms with Gasteiger partial charge in [0.1, 0.15) is 4.90 Å². The summed E-state index contributed by atoms with van der Waals surface area (Å²) in [5, 5.41) is 0. The van der Waals surface area contributed by atoms with Crippen LogP contribution in [0.2, 0.25) is 0 Å². The molecule has 0 saturated carbocycles. The van der Waals surface area contributed by atoms with Crippen LogP contribution in [0.15, 0.2) is 23.1 Å². The summed E-state index contributed by atoms with van der Waals surface area (Å²) >= 11 is 0. The molecule has 0 atom stereocenters. The van der Waals surface area contributed by atoms with E-state index in [2.05, 4.69) is 4.90 Å². The largest absolute Gasteiger partial charge is 0.396 e. The Kier molecular flexibility index (Phi) is 4.19. The summed E-state index contributed by atoms with van der Waals surface area (Å²) in [6.07, 6.45) is 0. The van der Waals surface area contributed by atoms with Crippen molar-refractivity contribution in [3.05, 3.63) is 18.2 Å². The van der Waals surface area contributed by atoms with Crippen molar-refractivity contribution in [3.8, 4) is 0 Å². The van der Waals surface area contributed by atoms with E-state index in [-0.39, 0.29) is 10.5 Å². The van der Waals surface area contributed by atoms with Crippen molar-refractivity contribution in [2.75, 3.05) is 44.4 Å². The van der Waals surface area contributed by atoms with Gasteiger partial charge in [-0.2, -0.15) is 0 Å². The molecule has 1 heterocycles. The molecule has 0 aliphatic carbocycles. The van der Waals surface area contributed by atoms with E-state index in [9.17, 15) is 8.42 Å². The second-order valence-electron chi connectivity index (χ2n) is 6.01. The normalized spacial score (nSPS) is 19.0. The quantitative estimate of drug-likeness (QED) is 0.847. The third-order valence-corrected chi connectivity index (χ3v) is 5.44. The highest BCUT2D eigenvalue weighted by Crippen LogP contribution is 2.33. The molecule has 2 rings (SSSR count). The maximum Gasteiger partial charge on any atom is 0.244 e. The first kappa shape index (κ1) is 16.1. The Morgan fingerprint density at radius 3 is 2.57 bits per heavy atom. The molecule has 0 unspecified atom stereocenters. The SMILES string of the molecule is CN(C)S(=O)(=O)c1cccc(N2CCOC(C)(C)C2)c1N. The highest BCUT2D eigenvalue weighted by atomic mass is 32.2. The predicted octanol–water partition coefficient (Wildman–Crippen LogP) is 1.13. The van der Waals surface area contributed by atoms with Gasteiger partial charge < -0.3 is 15.4 Å². The average molecular weight is 313 g/mol. The van der Waals surface area contributed by atoms with Crippen LogP contribution >= 0.6 is 0 Å². The van der Waals surface area contributed by atoms with Gasteiger partial charge in [-0.25, -0.2) is 12.7 Å². The van der Waals surface area contributed by atoms with Gasteiger partial charge in [0.15, 0.2) is 0 Å². The van der Waals surface area contributed by atoms with Crippen LogP contribution in [-0.4, -0.2) is 52.1 Å². The van der Waals surface area contributed by atoms with E-state index in [4.69, 9.17) is 10.5 Å². The Labute approximate surface area is 126 Å². The van der Waals surface area contributed by atoms with E-state index in [0.29, 0.717) is 25.4 Å². The smallest absolute Gasteiger partial charge is 0.244 e. The molecular formula is C14H23N3O3S. The van der Waals surface area contributed by atoms with Crippen LogP contribution in [0.5, 0.6) is 0 Å². The van der Waals surface area contributed by atoms with Crippen molar-refractivity contribution in [2.24, 2.45) is 0 Å². The molecule has 21 heavy (non-hydrogen) atoms. The zero-order valence-corrected chi connectivity index (χ0v) is 13.8. The van der Waals surface area contributed by atoms with E-state index in [1.54, 1.807) is 12.1 Å². The number of morpholine rings is 1. The standard InChI is InChI=1S/C14H23N3O3S/c1-14(2)10-17(8-9-20-14)11-6-5-7-12(13(11)15)21(18,19)16(3)4/h5-7H,8-10,15H2,1-4H3. The van der Waals surface area contributed by atoms with Crippen LogP contribution < -0.4 is 10.6 Å². The first-order valence-corrected chi connectivity index (χ1v) is 8.29. The van der Waals surface area contributed by atoms with E-state index in [1.807, 2.05) is 19.9 Å². The van der Waals surface area contributed by atoms with Gasteiger partial charge in [-0.3, -0.25) is 0 Å². The fourth-order valence-corrected chi connectivity index (χ4v) is 3.48. The Hall–Kier alpha value is -1.31. The molecule has 7 heteroatoms. The third-order valence-electron chi connectivity index (χ3n) is 3.57. The number of benzene rings is 1. The number of nitrogens with zero attached hydrogens (tertiary/aromatic N) is 2. The van der Waals surface area contributed by atoms with Crippen LogP contribution in [0.25, 0.3) is 0 Å². The molecular weight excluding hydrogens is 290 g/mol. The molecule has 0 amide bonds. The van der Waals surface area contributed by atoms with Crippen LogP contribution in [0.3, 0.4) is 0 Å². The number of anilines is 2. The van der Waals surface area contributed by atoms with Crippen LogP contribution in [0.4, 0.5) is 11.4 Å². The molecule has 0 radical (unpaired) electrons. The third kappa shape index (κ3) is 3.14. The lowest BCUT2D eigenvalue weighted by atomic mass is 10.1. The monoisotopic (exact) mass is 313 g/mol. The van der Waals surface area contributed by atoms with E-state index in [0.717, 1.165) is 5.69 Å². The van der Waals surface area contributed by atoms with Crippen molar-refractivity contribution in [3.63, 3.8) is 0 Å². The molecule has 1 fully saturated rings. The lowest BCUT2D eigenvalue weighted by Gasteiger charge is -2.40. The number of ether oxygens (including phenoxy) is 1. The number of hydrogen-bond acceptors (Lipinski definition) is 5.